The van der Waals surface area contributed by atoms with Crippen molar-refractivity contribution in [1.29, 1.82) is 0 Å². The average molecular weight is 327 g/mol. The fourth-order valence-corrected chi connectivity index (χ4v) is 2.48. The van der Waals surface area contributed by atoms with Crippen molar-refractivity contribution >= 4 is 28.7 Å². The molecule has 0 saturated carbocycles. The van der Waals surface area contributed by atoms with Gasteiger partial charge in [-0.3, -0.25) is 0 Å². The second kappa shape index (κ2) is 8.53. The van der Waals surface area contributed by atoms with Crippen LogP contribution in [0.1, 0.15) is 18.1 Å². The van der Waals surface area contributed by atoms with Crippen molar-refractivity contribution in [3.63, 3.8) is 0 Å². The summed E-state index contributed by atoms with van der Waals surface area (Å²) < 4.78 is 0. The monoisotopic (exact) mass is 327 g/mol. The van der Waals surface area contributed by atoms with Gasteiger partial charge in [0.1, 0.15) is 0 Å². The minimum Gasteiger partial charge on any atom is -0.373 e. The fourth-order valence-electron chi connectivity index (χ4n) is 2.26. The van der Waals surface area contributed by atoms with E-state index in [4.69, 9.17) is 12.2 Å². The Morgan fingerprint density at radius 3 is 2.30 bits per heavy atom. The maximum atomic E-state index is 5.34. The van der Waals surface area contributed by atoms with Crippen LogP contribution in [-0.4, -0.2) is 25.2 Å². The van der Waals surface area contributed by atoms with Crippen LogP contribution in [0.4, 0.5) is 11.4 Å². The first kappa shape index (κ1) is 17.3. The summed E-state index contributed by atoms with van der Waals surface area (Å²) in [5.41, 5.74) is 4.84. The Hall–Kier alpha value is -2.07. The number of nitrogens with one attached hydrogen (secondary N) is 2. The Morgan fingerprint density at radius 1 is 1.04 bits per heavy atom. The molecule has 0 bridgehead atoms. The number of nitrogens with zero attached hydrogens (tertiary/aromatic N) is 1. The molecule has 0 aromatic heterocycles. The van der Waals surface area contributed by atoms with Crippen molar-refractivity contribution in [2.45, 2.75) is 20.3 Å². The van der Waals surface area contributed by atoms with E-state index in [9.17, 15) is 0 Å². The molecular formula is C19H25N3S. The SMILES string of the molecule is CCc1ccc(NC(=S)NCCN(C)c2ccc(C)cc2)cc1. The molecule has 0 fully saturated rings. The molecule has 23 heavy (non-hydrogen) atoms. The highest BCUT2D eigenvalue weighted by molar-refractivity contribution is 7.80. The van der Waals surface area contributed by atoms with E-state index >= 15 is 0 Å². The second-order valence-electron chi connectivity index (χ2n) is 5.69. The van der Waals surface area contributed by atoms with Gasteiger partial charge in [-0.15, -0.1) is 0 Å². The molecule has 0 aliphatic carbocycles. The average Bonchev–Trinajstić information content (AvgIpc) is 2.56. The molecule has 0 aliphatic rings. The van der Waals surface area contributed by atoms with Crippen LogP contribution in [0.15, 0.2) is 48.5 Å². The van der Waals surface area contributed by atoms with Crippen molar-refractivity contribution in [3.05, 3.63) is 59.7 Å². The van der Waals surface area contributed by atoms with Crippen molar-refractivity contribution in [3.8, 4) is 0 Å². The number of anilines is 2. The van der Waals surface area contributed by atoms with Gasteiger partial charge < -0.3 is 15.5 Å². The fraction of sp³-hybridized carbons (Fsp3) is 0.316. The van der Waals surface area contributed by atoms with Crippen molar-refractivity contribution < 1.29 is 0 Å². The highest BCUT2D eigenvalue weighted by Crippen LogP contribution is 2.12. The highest BCUT2D eigenvalue weighted by atomic mass is 32.1. The molecule has 0 saturated heterocycles. The molecule has 2 rings (SSSR count). The number of thiocarbonyl (C=S) groups is 1. The molecule has 0 amide bonds. The van der Waals surface area contributed by atoms with Gasteiger partial charge in [-0.05, 0) is 55.4 Å². The topological polar surface area (TPSA) is 27.3 Å². The maximum Gasteiger partial charge on any atom is 0.170 e. The molecule has 0 radical (unpaired) electrons. The minimum atomic E-state index is 0.659. The molecule has 4 heteroatoms. The van der Waals surface area contributed by atoms with Crippen LogP contribution in [0.5, 0.6) is 0 Å². The van der Waals surface area contributed by atoms with Crippen molar-refractivity contribution in [2.24, 2.45) is 0 Å². The summed E-state index contributed by atoms with van der Waals surface area (Å²) in [6.45, 7) is 5.94. The van der Waals surface area contributed by atoms with Crippen LogP contribution >= 0.6 is 12.2 Å². The van der Waals surface area contributed by atoms with Crippen LogP contribution in [-0.2, 0) is 6.42 Å². The lowest BCUT2D eigenvalue weighted by Crippen LogP contribution is -2.35. The molecule has 3 nitrogen and oxygen atoms in total. The number of rotatable bonds is 6. The van der Waals surface area contributed by atoms with Gasteiger partial charge >= 0.3 is 0 Å². The summed E-state index contributed by atoms with van der Waals surface area (Å²) in [5, 5.41) is 7.13. The van der Waals surface area contributed by atoms with Gasteiger partial charge in [0.25, 0.3) is 0 Å². The highest BCUT2D eigenvalue weighted by Gasteiger charge is 2.01. The predicted octanol–water partition coefficient (Wildman–Crippen LogP) is 3.98. The van der Waals surface area contributed by atoms with E-state index in [1.165, 1.54) is 16.8 Å². The lowest BCUT2D eigenvalue weighted by atomic mass is 10.1. The van der Waals surface area contributed by atoms with E-state index < -0.39 is 0 Å². The number of likely N-dealkylation sites (N-methyl/N-ethyl adjacent to an activating group) is 1. The third-order valence-corrected chi connectivity index (χ3v) is 4.07. The Balaban J connectivity index is 1.74. The first-order valence-electron chi connectivity index (χ1n) is 8.00. The molecule has 0 heterocycles. The van der Waals surface area contributed by atoms with Gasteiger partial charge in [0.2, 0.25) is 0 Å². The molecule has 122 valence electrons. The third kappa shape index (κ3) is 5.57. The lowest BCUT2D eigenvalue weighted by Gasteiger charge is -2.20. The summed E-state index contributed by atoms with van der Waals surface area (Å²) in [5.74, 6) is 0. The van der Waals surface area contributed by atoms with Gasteiger partial charge in [-0.1, -0.05) is 36.8 Å². The molecule has 0 unspecified atom stereocenters. The Bertz CT molecular complexity index is 620. The Kier molecular flexibility index (Phi) is 6.41. The Morgan fingerprint density at radius 2 is 1.70 bits per heavy atom. The lowest BCUT2D eigenvalue weighted by molar-refractivity contribution is 0.827. The van der Waals surface area contributed by atoms with Crippen LogP contribution in [0.2, 0.25) is 0 Å². The van der Waals surface area contributed by atoms with Gasteiger partial charge in [-0.2, -0.15) is 0 Å². The van der Waals surface area contributed by atoms with E-state index in [1.54, 1.807) is 0 Å². The number of benzene rings is 2. The largest absolute Gasteiger partial charge is 0.373 e. The normalized spacial score (nSPS) is 10.2. The smallest absolute Gasteiger partial charge is 0.170 e. The van der Waals surface area contributed by atoms with Crippen molar-refractivity contribution in [1.82, 2.24) is 5.32 Å². The van der Waals surface area contributed by atoms with Crippen molar-refractivity contribution in [2.75, 3.05) is 30.4 Å². The standard InChI is InChI=1S/C19H25N3S/c1-4-16-7-9-17(10-8-16)21-19(23)20-13-14-22(3)18-11-5-15(2)6-12-18/h5-12H,4,13-14H2,1-3H3,(H2,20,21,23). The van der Waals surface area contributed by atoms with E-state index in [0.29, 0.717) is 5.11 Å². The van der Waals surface area contributed by atoms with E-state index in [2.05, 4.69) is 85.0 Å². The van der Waals surface area contributed by atoms with Gasteiger partial charge in [0.15, 0.2) is 5.11 Å². The number of aryl methyl sites for hydroxylation is 2. The molecule has 2 N–H and O–H groups in total. The summed E-state index contributed by atoms with van der Waals surface area (Å²) in [7, 11) is 2.09. The first-order valence-corrected chi connectivity index (χ1v) is 8.41. The van der Waals surface area contributed by atoms with Crippen LogP contribution in [0.3, 0.4) is 0 Å². The van der Waals surface area contributed by atoms with Gasteiger partial charge in [-0.25, -0.2) is 0 Å². The van der Waals surface area contributed by atoms with Crippen LogP contribution in [0.25, 0.3) is 0 Å². The first-order chi connectivity index (χ1) is 11.1. The van der Waals surface area contributed by atoms with E-state index in [-0.39, 0.29) is 0 Å². The van der Waals surface area contributed by atoms with E-state index in [0.717, 1.165) is 25.2 Å². The maximum absolute atomic E-state index is 5.34. The Labute approximate surface area is 144 Å². The summed E-state index contributed by atoms with van der Waals surface area (Å²) in [4.78, 5) is 2.21. The van der Waals surface area contributed by atoms with E-state index in [1.807, 2.05) is 0 Å². The predicted molar refractivity (Wildman–Crippen MR) is 104 cm³/mol. The molecule has 0 spiro atoms. The third-order valence-electron chi connectivity index (χ3n) is 3.83. The quantitative estimate of drug-likeness (QED) is 0.785. The molecule has 0 aliphatic heterocycles. The molecule has 2 aromatic rings. The minimum absolute atomic E-state index is 0.659. The summed E-state index contributed by atoms with van der Waals surface area (Å²) >= 11 is 5.34. The summed E-state index contributed by atoms with van der Waals surface area (Å²) in [6.07, 6.45) is 1.05. The van der Waals surface area contributed by atoms with Crippen LogP contribution in [0, 0.1) is 6.92 Å². The van der Waals surface area contributed by atoms with Crippen LogP contribution < -0.4 is 15.5 Å². The zero-order valence-electron chi connectivity index (χ0n) is 14.1. The van der Waals surface area contributed by atoms with Gasteiger partial charge in [0, 0.05) is 31.5 Å². The molecular weight excluding hydrogens is 302 g/mol. The van der Waals surface area contributed by atoms with Gasteiger partial charge in [0.05, 0.1) is 0 Å². The summed E-state index contributed by atoms with van der Waals surface area (Å²) in [6, 6.07) is 16.9. The molecule has 0 atom stereocenters. The number of hydrogen-bond donors (Lipinski definition) is 2. The molecule has 2 aromatic carbocycles. The zero-order chi connectivity index (χ0) is 16.7. The zero-order valence-corrected chi connectivity index (χ0v) is 14.9. The number of hydrogen-bond acceptors (Lipinski definition) is 2. The second-order valence-corrected chi connectivity index (χ2v) is 6.10.